The molecule has 1 unspecified atom stereocenters. The van der Waals surface area contributed by atoms with E-state index in [2.05, 4.69) is 17.2 Å². The van der Waals surface area contributed by atoms with Crippen molar-refractivity contribution in [1.82, 2.24) is 10.3 Å². The number of carbonyl (C=O) groups is 1. The molecule has 1 atom stereocenters. The molecule has 0 radical (unpaired) electrons. The number of nitrogens with one attached hydrogen (secondary N) is 1. The molecule has 0 aliphatic heterocycles. The Labute approximate surface area is 125 Å². The molecular formula is C13H15ClN2OS2. The Morgan fingerprint density at radius 3 is 3.11 bits per heavy atom. The van der Waals surface area contributed by atoms with E-state index >= 15 is 0 Å². The van der Waals surface area contributed by atoms with Crippen LogP contribution in [-0.4, -0.2) is 22.7 Å². The molecule has 1 aromatic heterocycles. The minimum atomic E-state index is 0.0524. The second kappa shape index (κ2) is 6.59. The molecule has 1 heterocycles. The van der Waals surface area contributed by atoms with Gasteiger partial charge in [-0.05, 0) is 31.5 Å². The van der Waals surface area contributed by atoms with Gasteiger partial charge in [-0.15, -0.1) is 11.3 Å². The third-order valence-corrected chi connectivity index (χ3v) is 5.09. The van der Waals surface area contributed by atoms with Crippen LogP contribution in [0.2, 0.25) is 5.02 Å². The zero-order chi connectivity index (χ0) is 13.8. The van der Waals surface area contributed by atoms with Gasteiger partial charge in [0.2, 0.25) is 5.91 Å². The smallest absolute Gasteiger partial charge is 0.230 e. The van der Waals surface area contributed by atoms with Gasteiger partial charge in [-0.25, -0.2) is 4.98 Å². The highest BCUT2D eigenvalue weighted by Crippen LogP contribution is 2.30. The summed E-state index contributed by atoms with van der Waals surface area (Å²) < 4.78 is 1.99. The van der Waals surface area contributed by atoms with Crippen LogP contribution in [0.25, 0.3) is 10.2 Å². The first kappa shape index (κ1) is 14.6. The molecule has 0 spiro atoms. The number of fused-ring (bicyclic) bond motifs is 1. The minimum Gasteiger partial charge on any atom is -0.353 e. The third-order valence-electron chi connectivity index (χ3n) is 2.68. The number of hydrogen-bond donors (Lipinski definition) is 1. The molecule has 0 bridgehead atoms. The average molecular weight is 315 g/mol. The molecule has 0 saturated heterocycles. The van der Waals surface area contributed by atoms with E-state index in [-0.39, 0.29) is 11.9 Å². The van der Waals surface area contributed by atoms with Crippen LogP contribution in [0.3, 0.4) is 0 Å². The fraction of sp³-hybridized carbons (Fsp3) is 0.385. The van der Waals surface area contributed by atoms with E-state index in [1.54, 1.807) is 11.3 Å². The Bertz CT molecular complexity index is 585. The van der Waals surface area contributed by atoms with Crippen molar-refractivity contribution < 1.29 is 4.79 Å². The van der Waals surface area contributed by atoms with Crippen LogP contribution in [0.4, 0.5) is 0 Å². The molecule has 1 amide bonds. The van der Waals surface area contributed by atoms with Gasteiger partial charge < -0.3 is 5.32 Å². The van der Waals surface area contributed by atoms with Crippen molar-refractivity contribution in [2.45, 2.75) is 30.6 Å². The fourth-order valence-corrected chi connectivity index (χ4v) is 3.51. The number of carbonyl (C=O) groups excluding carboxylic acids is 1. The standard InChI is InChI=1S/C13H15ClN2OS2/c1-3-8(2)15-12(17)7-18-13-16-10-6-9(14)4-5-11(10)19-13/h4-6,8H,3,7H2,1-2H3,(H,15,17). The maximum atomic E-state index is 11.7. The minimum absolute atomic E-state index is 0.0524. The van der Waals surface area contributed by atoms with E-state index in [9.17, 15) is 4.79 Å². The highest BCUT2D eigenvalue weighted by atomic mass is 35.5. The highest BCUT2D eigenvalue weighted by Gasteiger charge is 2.09. The SMILES string of the molecule is CCC(C)NC(=O)CSc1nc2cc(Cl)ccc2s1. The van der Waals surface area contributed by atoms with Crippen LogP contribution < -0.4 is 5.32 Å². The Balaban J connectivity index is 1.96. The van der Waals surface area contributed by atoms with Gasteiger partial charge in [0.25, 0.3) is 0 Å². The molecule has 0 aliphatic carbocycles. The summed E-state index contributed by atoms with van der Waals surface area (Å²) in [6.45, 7) is 4.05. The van der Waals surface area contributed by atoms with Gasteiger partial charge in [-0.3, -0.25) is 4.79 Å². The summed E-state index contributed by atoms with van der Waals surface area (Å²) in [5.41, 5.74) is 0.891. The summed E-state index contributed by atoms with van der Waals surface area (Å²) in [5, 5.41) is 3.62. The Kier molecular flexibility index (Phi) is 5.07. The van der Waals surface area contributed by atoms with E-state index in [4.69, 9.17) is 11.6 Å². The van der Waals surface area contributed by atoms with Gasteiger partial charge in [-0.1, -0.05) is 30.3 Å². The number of aromatic nitrogens is 1. The van der Waals surface area contributed by atoms with Crippen molar-refractivity contribution in [1.29, 1.82) is 0 Å². The third kappa shape index (κ3) is 4.09. The molecule has 2 rings (SSSR count). The summed E-state index contributed by atoms with van der Waals surface area (Å²) in [6, 6.07) is 5.88. The number of hydrogen-bond acceptors (Lipinski definition) is 4. The summed E-state index contributed by atoms with van der Waals surface area (Å²) >= 11 is 8.97. The van der Waals surface area contributed by atoms with Crippen molar-refractivity contribution in [3.63, 3.8) is 0 Å². The van der Waals surface area contributed by atoms with Gasteiger partial charge in [0.05, 0.1) is 16.0 Å². The van der Waals surface area contributed by atoms with Crippen molar-refractivity contribution in [3.05, 3.63) is 23.2 Å². The number of thioether (sulfide) groups is 1. The van der Waals surface area contributed by atoms with E-state index in [1.807, 2.05) is 25.1 Å². The van der Waals surface area contributed by atoms with E-state index in [0.29, 0.717) is 10.8 Å². The molecule has 0 fully saturated rings. The first-order chi connectivity index (χ1) is 9.08. The Morgan fingerprint density at radius 1 is 1.58 bits per heavy atom. The molecule has 19 heavy (non-hydrogen) atoms. The quantitative estimate of drug-likeness (QED) is 0.849. The highest BCUT2D eigenvalue weighted by molar-refractivity contribution is 8.01. The van der Waals surface area contributed by atoms with Crippen LogP contribution in [0.15, 0.2) is 22.5 Å². The van der Waals surface area contributed by atoms with Crippen molar-refractivity contribution >= 4 is 50.8 Å². The predicted molar refractivity (Wildman–Crippen MR) is 83.2 cm³/mol. The zero-order valence-electron chi connectivity index (χ0n) is 10.8. The Hall–Kier alpha value is -0.780. The number of halogens is 1. The monoisotopic (exact) mass is 314 g/mol. The topological polar surface area (TPSA) is 42.0 Å². The van der Waals surface area contributed by atoms with Crippen molar-refractivity contribution in [2.75, 3.05) is 5.75 Å². The van der Waals surface area contributed by atoms with Crippen LogP contribution in [0.5, 0.6) is 0 Å². The molecule has 0 aliphatic rings. The van der Waals surface area contributed by atoms with Gasteiger partial charge in [0, 0.05) is 11.1 Å². The maximum Gasteiger partial charge on any atom is 0.230 e. The van der Waals surface area contributed by atoms with Crippen LogP contribution in [0, 0.1) is 0 Å². The second-order valence-electron chi connectivity index (χ2n) is 4.26. The predicted octanol–water partition coefficient (Wildman–Crippen LogP) is 3.96. The van der Waals surface area contributed by atoms with Crippen LogP contribution in [-0.2, 0) is 4.79 Å². The van der Waals surface area contributed by atoms with Crippen LogP contribution in [0.1, 0.15) is 20.3 Å². The number of amides is 1. The summed E-state index contributed by atoms with van der Waals surface area (Å²) in [5.74, 6) is 0.453. The van der Waals surface area contributed by atoms with Crippen molar-refractivity contribution in [2.24, 2.45) is 0 Å². The second-order valence-corrected chi connectivity index (χ2v) is 6.95. The molecule has 3 nitrogen and oxygen atoms in total. The lowest BCUT2D eigenvalue weighted by Crippen LogP contribution is -2.33. The first-order valence-corrected chi connectivity index (χ1v) is 8.24. The molecule has 1 N–H and O–H groups in total. The van der Waals surface area contributed by atoms with Gasteiger partial charge in [0.15, 0.2) is 4.34 Å². The van der Waals surface area contributed by atoms with E-state index < -0.39 is 0 Å². The number of rotatable bonds is 5. The number of thiazole rings is 1. The average Bonchev–Trinajstić information content (AvgIpc) is 2.78. The fourth-order valence-electron chi connectivity index (χ4n) is 1.49. The molecule has 1 aromatic carbocycles. The number of nitrogens with zero attached hydrogens (tertiary/aromatic N) is 1. The van der Waals surface area contributed by atoms with Crippen LogP contribution >= 0.6 is 34.7 Å². The molecule has 6 heteroatoms. The lowest BCUT2D eigenvalue weighted by atomic mass is 10.3. The summed E-state index contributed by atoms with van der Waals surface area (Å²) in [7, 11) is 0. The summed E-state index contributed by atoms with van der Waals surface area (Å²) in [6.07, 6.45) is 0.941. The molecule has 2 aromatic rings. The largest absolute Gasteiger partial charge is 0.353 e. The molecule has 102 valence electrons. The van der Waals surface area contributed by atoms with Gasteiger partial charge in [0.1, 0.15) is 0 Å². The maximum absolute atomic E-state index is 11.7. The van der Waals surface area contributed by atoms with E-state index in [0.717, 1.165) is 21.0 Å². The van der Waals surface area contributed by atoms with Crippen molar-refractivity contribution in [3.8, 4) is 0 Å². The zero-order valence-corrected chi connectivity index (χ0v) is 13.2. The van der Waals surface area contributed by atoms with E-state index in [1.165, 1.54) is 11.8 Å². The van der Waals surface area contributed by atoms with Gasteiger partial charge >= 0.3 is 0 Å². The summed E-state index contributed by atoms with van der Waals surface area (Å²) in [4.78, 5) is 16.1. The number of benzene rings is 1. The lowest BCUT2D eigenvalue weighted by molar-refractivity contribution is -0.119. The first-order valence-electron chi connectivity index (χ1n) is 6.06. The molecular weight excluding hydrogens is 300 g/mol. The van der Waals surface area contributed by atoms with Gasteiger partial charge in [-0.2, -0.15) is 0 Å². The Morgan fingerprint density at radius 2 is 2.37 bits per heavy atom. The lowest BCUT2D eigenvalue weighted by Gasteiger charge is -2.10. The molecule has 0 saturated carbocycles. The normalized spacial score (nSPS) is 12.6.